The van der Waals surface area contributed by atoms with E-state index >= 15 is 0 Å². The molecule has 0 spiro atoms. The first-order valence-electron chi connectivity index (χ1n) is 6.44. The molecular weight excluding hydrogens is 280 g/mol. The van der Waals surface area contributed by atoms with E-state index in [4.69, 9.17) is 22.4 Å². The van der Waals surface area contributed by atoms with Crippen molar-refractivity contribution in [2.45, 2.75) is 26.7 Å². The summed E-state index contributed by atoms with van der Waals surface area (Å²) < 4.78 is 0. The maximum atomic E-state index is 12.4. The SMILES string of the molecule is CCC(CC)(CN)C(=O)Nc1ccc(Cl)cc1C(=O)O. The Bertz CT molecular complexity index is 505. The molecule has 0 aliphatic heterocycles. The molecule has 0 unspecified atom stereocenters. The molecule has 0 fully saturated rings. The van der Waals surface area contributed by atoms with E-state index in [0.717, 1.165) is 0 Å². The van der Waals surface area contributed by atoms with Crippen molar-refractivity contribution in [3.8, 4) is 0 Å². The first-order chi connectivity index (χ1) is 9.40. The fourth-order valence-electron chi connectivity index (χ4n) is 2.01. The number of rotatable bonds is 6. The highest BCUT2D eigenvalue weighted by molar-refractivity contribution is 6.31. The van der Waals surface area contributed by atoms with Gasteiger partial charge in [0.1, 0.15) is 0 Å². The summed E-state index contributed by atoms with van der Waals surface area (Å²) in [5.74, 6) is -1.41. The number of anilines is 1. The van der Waals surface area contributed by atoms with Gasteiger partial charge in [-0.25, -0.2) is 4.79 Å². The van der Waals surface area contributed by atoms with Gasteiger partial charge in [-0.3, -0.25) is 4.79 Å². The molecule has 0 atom stereocenters. The average molecular weight is 299 g/mol. The van der Waals surface area contributed by atoms with Crippen molar-refractivity contribution in [3.05, 3.63) is 28.8 Å². The van der Waals surface area contributed by atoms with Crippen LogP contribution in [0.25, 0.3) is 0 Å². The van der Waals surface area contributed by atoms with Gasteiger partial charge in [0.05, 0.1) is 16.7 Å². The minimum absolute atomic E-state index is 0.0380. The summed E-state index contributed by atoms with van der Waals surface area (Å²) in [7, 11) is 0. The van der Waals surface area contributed by atoms with Crippen LogP contribution in [0.3, 0.4) is 0 Å². The Balaban J connectivity index is 3.10. The van der Waals surface area contributed by atoms with Gasteiger partial charge in [-0.05, 0) is 31.0 Å². The lowest BCUT2D eigenvalue weighted by Crippen LogP contribution is -2.41. The number of carbonyl (C=O) groups is 2. The fraction of sp³-hybridized carbons (Fsp3) is 0.429. The van der Waals surface area contributed by atoms with Crippen LogP contribution in [0.15, 0.2) is 18.2 Å². The Morgan fingerprint density at radius 1 is 1.35 bits per heavy atom. The van der Waals surface area contributed by atoms with Crippen LogP contribution >= 0.6 is 11.6 Å². The lowest BCUT2D eigenvalue weighted by atomic mass is 9.81. The number of benzene rings is 1. The molecule has 1 aromatic rings. The molecule has 1 amide bonds. The first kappa shape index (κ1) is 16.5. The van der Waals surface area contributed by atoms with Crippen LogP contribution in [-0.2, 0) is 4.79 Å². The minimum atomic E-state index is -1.14. The quantitative estimate of drug-likeness (QED) is 0.753. The molecule has 1 rings (SSSR count). The van der Waals surface area contributed by atoms with E-state index in [2.05, 4.69) is 5.32 Å². The van der Waals surface area contributed by atoms with Gasteiger partial charge in [-0.2, -0.15) is 0 Å². The molecule has 0 saturated heterocycles. The molecule has 6 heteroatoms. The Hall–Kier alpha value is -1.59. The van der Waals surface area contributed by atoms with Crippen molar-refractivity contribution in [3.63, 3.8) is 0 Å². The highest BCUT2D eigenvalue weighted by Crippen LogP contribution is 2.28. The van der Waals surface area contributed by atoms with Gasteiger partial charge in [0.2, 0.25) is 5.91 Å². The summed E-state index contributed by atoms with van der Waals surface area (Å²) >= 11 is 5.77. The Labute approximate surface area is 123 Å². The van der Waals surface area contributed by atoms with E-state index in [1.165, 1.54) is 18.2 Å². The van der Waals surface area contributed by atoms with Gasteiger partial charge >= 0.3 is 5.97 Å². The molecule has 4 N–H and O–H groups in total. The van der Waals surface area contributed by atoms with E-state index in [1.54, 1.807) is 0 Å². The zero-order valence-corrected chi connectivity index (χ0v) is 12.3. The number of hydrogen-bond acceptors (Lipinski definition) is 3. The number of nitrogens with one attached hydrogen (secondary N) is 1. The van der Waals surface area contributed by atoms with Crippen LogP contribution in [0.1, 0.15) is 37.0 Å². The monoisotopic (exact) mass is 298 g/mol. The zero-order valence-electron chi connectivity index (χ0n) is 11.6. The van der Waals surface area contributed by atoms with Gasteiger partial charge in [0.25, 0.3) is 0 Å². The molecular formula is C14H19ClN2O3. The molecule has 0 saturated carbocycles. The molecule has 5 nitrogen and oxygen atoms in total. The number of carboxylic acids is 1. The van der Waals surface area contributed by atoms with Crippen LogP contribution in [0.4, 0.5) is 5.69 Å². The summed E-state index contributed by atoms with van der Waals surface area (Å²) in [5.41, 5.74) is 5.21. The standard InChI is InChI=1S/C14H19ClN2O3/c1-3-14(4-2,8-16)13(20)17-11-6-5-9(15)7-10(11)12(18)19/h5-7H,3-4,8,16H2,1-2H3,(H,17,20)(H,18,19). The van der Waals surface area contributed by atoms with E-state index in [-0.39, 0.29) is 23.7 Å². The van der Waals surface area contributed by atoms with Gasteiger partial charge in [0.15, 0.2) is 0 Å². The summed E-state index contributed by atoms with van der Waals surface area (Å²) in [6, 6.07) is 4.32. The number of nitrogens with two attached hydrogens (primary N) is 1. The molecule has 0 radical (unpaired) electrons. The molecule has 0 aliphatic rings. The van der Waals surface area contributed by atoms with E-state index in [9.17, 15) is 9.59 Å². The largest absolute Gasteiger partial charge is 0.478 e. The third-order valence-corrected chi connectivity index (χ3v) is 3.92. The number of hydrogen-bond donors (Lipinski definition) is 3. The second kappa shape index (κ2) is 6.72. The van der Waals surface area contributed by atoms with Crippen molar-refractivity contribution in [1.82, 2.24) is 0 Å². The summed E-state index contributed by atoms with van der Waals surface area (Å²) in [5, 5.41) is 12.1. The smallest absolute Gasteiger partial charge is 0.337 e. The molecule has 0 bridgehead atoms. The lowest BCUT2D eigenvalue weighted by molar-refractivity contribution is -0.125. The lowest BCUT2D eigenvalue weighted by Gasteiger charge is -2.28. The summed E-state index contributed by atoms with van der Waals surface area (Å²) in [4.78, 5) is 23.5. The predicted molar refractivity (Wildman–Crippen MR) is 79.1 cm³/mol. The number of halogens is 1. The maximum Gasteiger partial charge on any atom is 0.337 e. The Morgan fingerprint density at radius 2 is 1.95 bits per heavy atom. The van der Waals surface area contributed by atoms with Crippen molar-refractivity contribution >= 4 is 29.2 Å². The van der Waals surface area contributed by atoms with Crippen molar-refractivity contribution in [1.29, 1.82) is 0 Å². The van der Waals surface area contributed by atoms with Crippen LogP contribution in [0.2, 0.25) is 5.02 Å². The van der Waals surface area contributed by atoms with Crippen LogP contribution < -0.4 is 11.1 Å². The molecule has 1 aromatic carbocycles. The topological polar surface area (TPSA) is 92.4 Å². The Morgan fingerprint density at radius 3 is 2.40 bits per heavy atom. The maximum absolute atomic E-state index is 12.4. The van der Waals surface area contributed by atoms with Gasteiger partial charge in [0, 0.05) is 11.6 Å². The van der Waals surface area contributed by atoms with Gasteiger partial charge in [-0.15, -0.1) is 0 Å². The third kappa shape index (κ3) is 3.29. The van der Waals surface area contributed by atoms with Gasteiger partial charge in [-0.1, -0.05) is 25.4 Å². The fourth-order valence-corrected chi connectivity index (χ4v) is 2.18. The van der Waals surface area contributed by atoms with E-state index in [1.807, 2.05) is 13.8 Å². The van der Waals surface area contributed by atoms with Crippen LogP contribution in [0.5, 0.6) is 0 Å². The summed E-state index contributed by atoms with van der Waals surface area (Å²) in [6.45, 7) is 3.98. The highest BCUT2D eigenvalue weighted by atomic mass is 35.5. The molecule has 0 heterocycles. The zero-order chi connectivity index (χ0) is 15.3. The second-order valence-electron chi connectivity index (χ2n) is 4.64. The predicted octanol–water partition coefficient (Wildman–Crippen LogP) is 2.74. The number of amides is 1. The number of carboxylic acid groups (broad SMARTS) is 1. The van der Waals surface area contributed by atoms with Crippen LogP contribution in [0, 0.1) is 5.41 Å². The first-order valence-corrected chi connectivity index (χ1v) is 6.82. The molecule has 110 valence electrons. The average Bonchev–Trinajstić information content (AvgIpc) is 2.43. The van der Waals surface area contributed by atoms with Gasteiger partial charge < -0.3 is 16.2 Å². The van der Waals surface area contributed by atoms with Crippen molar-refractivity contribution in [2.75, 3.05) is 11.9 Å². The summed E-state index contributed by atoms with van der Waals surface area (Å²) in [6.07, 6.45) is 1.17. The highest BCUT2D eigenvalue weighted by Gasteiger charge is 2.33. The molecule has 0 aliphatic carbocycles. The normalized spacial score (nSPS) is 11.2. The number of carbonyl (C=O) groups excluding carboxylic acids is 1. The molecule has 0 aromatic heterocycles. The van der Waals surface area contributed by atoms with E-state index in [0.29, 0.717) is 17.9 Å². The third-order valence-electron chi connectivity index (χ3n) is 3.69. The van der Waals surface area contributed by atoms with Crippen molar-refractivity contribution < 1.29 is 14.7 Å². The van der Waals surface area contributed by atoms with Crippen LogP contribution in [-0.4, -0.2) is 23.5 Å². The number of aromatic carboxylic acids is 1. The Kier molecular flexibility index (Phi) is 5.53. The minimum Gasteiger partial charge on any atom is -0.478 e. The van der Waals surface area contributed by atoms with E-state index < -0.39 is 11.4 Å². The second-order valence-corrected chi connectivity index (χ2v) is 5.08. The molecule has 20 heavy (non-hydrogen) atoms. The van der Waals surface area contributed by atoms with Crippen molar-refractivity contribution in [2.24, 2.45) is 11.1 Å².